The predicted molar refractivity (Wildman–Crippen MR) is 112 cm³/mol. The van der Waals surface area contributed by atoms with Gasteiger partial charge in [0, 0.05) is 24.7 Å². The van der Waals surface area contributed by atoms with Crippen molar-refractivity contribution in [3.8, 4) is 0 Å². The van der Waals surface area contributed by atoms with E-state index in [4.69, 9.17) is 22.1 Å². The van der Waals surface area contributed by atoms with Gasteiger partial charge in [0.05, 0.1) is 26.2 Å². The minimum atomic E-state index is -1.18. The van der Waals surface area contributed by atoms with Crippen LogP contribution >= 0.6 is 11.6 Å². The molecule has 2 amide bonds. The largest absolute Gasteiger partial charge is 0.379 e. The number of morpholine rings is 1. The van der Waals surface area contributed by atoms with Crippen molar-refractivity contribution in [3.05, 3.63) is 34.9 Å². The highest BCUT2D eigenvalue weighted by Crippen LogP contribution is 2.26. The maximum absolute atomic E-state index is 12.9. The van der Waals surface area contributed by atoms with Gasteiger partial charge in [-0.25, -0.2) is 4.99 Å². The van der Waals surface area contributed by atoms with Crippen molar-refractivity contribution < 1.29 is 14.3 Å². The normalized spacial score (nSPS) is 22.6. The van der Waals surface area contributed by atoms with Gasteiger partial charge in [-0.3, -0.25) is 19.4 Å². The summed E-state index contributed by atoms with van der Waals surface area (Å²) in [6.45, 7) is 6.77. The monoisotopic (exact) mass is 421 g/mol. The number of halogens is 1. The molecule has 0 radical (unpaired) electrons. The average Bonchev–Trinajstić information content (AvgIpc) is 2.89. The van der Waals surface area contributed by atoms with Crippen LogP contribution in [0.15, 0.2) is 29.3 Å². The second-order valence-corrected chi connectivity index (χ2v) is 8.04. The van der Waals surface area contributed by atoms with Gasteiger partial charge in [-0.05, 0) is 37.6 Å². The van der Waals surface area contributed by atoms with Gasteiger partial charge in [0.25, 0.3) is 5.91 Å². The summed E-state index contributed by atoms with van der Waals surface area (Å²) in [6, 6.07) is 7.22. The van der Waals surface area contributed by atoms with E-state index in [0.717, 1.165) is 44.8 Å². The fraction of sp³-hybridized carbons (Fsp3) is 0.550. The number of hydrogen-bond donors (Lipinski definition) is 2. The molecular weight excluding hydrogens is 394 g/mol. The van der Waals surface area contributed by atoms with E-state index in [2.05, 4.69) is 15.2 Å². The second kappa shape index (κ2) is 9.56. The van der Waals surface area contributed by atoms with Crippen LogP contribution in [0.4, 0.5) is 0 Å². The van der Waals surface area contributed by atoms with E-state index in [9.17, 15) is 9.59 Å². The average molecular weight is 422 g/mol. The lowest BCUT2D eigenvalue weighted by molar-refractivity contribution is -0.134. The zero-order valence-corrected chi connectivity index (χ0v) is 17.5. The number of rotatable bonds is 8. The Balaban J connectivity index is 1.48. The molecule has 0 spiro atoms. The quantitative estimate of drug-likeness (QED) is 0.609. The third kappa shape index (κ3) is 5.68. The fourth-order valence-electron chi connectivity index (χ4n) is 3.57. The van der Waals surface area contributed by atoms with E-state index in [0.29, 0.717) is 11.6 Å². The highest BCUT2D eigenvalue weighted by molar-refractivity contribution is 6.30. The van der Waals surface area contributed by atoms with Gasteiger partial charge in [0.2, 0.25) is 5.91 Å². The highest BCUT2D eigenvalue weighted by Gasteiger charge is 2.45. The number of carbonyl (C=O) groups is 2. The van der Waals surface area contributed by atoms with Crippen molar-refractivity contribution in [2.75, 3.05) is 39.4 Å². The smallest absolute Gasteiger partial charge is 0.257 e. The molecule has 1 saturated heterocycles. The van der Waals surface area contributed by atoms with Crippen LogP contribution in [-0.2, 0) is 20.9 Å². The maximum Gasteiger partial charge on any atom is 0.257 e. The number of nitrogens with two attached hydrogens (primary N) is 1. The number of aliphatic imine (C=N–C) groups is 1. The highest BCUT2D eigenvalue weighted by atomic mass is 35.5. The first-order chi connectivity index (χ1) is 13.9. The first-order valence-electron chi connectivity index (χ1n) is 9.86. The first kappa shape index (κ1) is 21.5. The molecule has 0 bridgehead atoms. The van der Waals surface area contributed by atoms with E-state index >= 15 is 0 Å². The molecule has 0 aliphatic carbocycles. The molecule has 0 aromatic heterocycles. The SMILES string of the molecule is CC1(CC(=O)NCCCN2CCOCC2)N=C(N)N(Cc2cccc(Cl)c2)C1=O. The van der Waals surface area contributed by atoms with Crippen LogP contribution in [0.2, 0.25) is 5.02 Å². The van der Waals surface area contributed by atoms with Crippen LogP contribution < -0.4 is 11.1 Å². The fourth-order valence-corrected chi connectivity index (χ4v) is 3.78. The lowest BCUT2D eigenvalue weighted by atomic mass is 9.97. The van der Waals surface area contributed by atoms with Crippen LogP contribution in [0.5, 0.6) is 0 Å². The van der Waals surface area contributed by atoms with Crippen LogP contribution in [0, 0.1) is 0 Å². The number of benzene rings is 1. The number of nitrogens with zero attached hydrogens (tertiary/aromatic N) is 3. The number of hydrogen-bond acceptors (Lipinski definition) is 6. The van der Waals surface area contributed by atoms with Gasteiger partial charge >= 0.3 is 0 Å². The standard InChI is InChI=1S/C20H28ClN5O3/c1-20(13-17(27)23-6-3-7-25-8-10-29-11-9-25)18(28)26(19(22)24-20)14-15-4-2-5-16(21)12-15/h2,4-5,12H,3,6-11,13-14H2,1H3,(H2,22,24)(H,23,27). The zero-order chi connectivity index (χ0) is 20.9. The molecule has 1 aromatic rings. The summed E-state index contributed by atoms with van der Waals surface area (Å²) in [5.41, 5.74) is 5.65. The second-order valence-electron chi connectivity index (χ2n) is 7.60. The number of amides is 2. The van der Waals surface area contributed by atoms with Gasteiger partial charge in [-0.15, -0.1) is 0 Å². The first-order valence-corrected chi connectivity index (χ1v) is 10.2. The molecule has 3 rings (SSSR count). The number of nitrogens with one attached hydrogen (secondary N) is 1. The van der Waals surface area contributed by atoms with E-state index in [-0.39, 0.29) is 30.7 Å². The van der Waals surface area contributed by atoms with Gasteiger partial charge < -0.3 is 15.8 Å². The van der Waals surface area contributed by atoms with Gasteiger partial charge in [-0.2, -0.15) is 0 Å². The molecule has 3 N–H and O–H groups in total. The van der Waals surface area contributed by atoms with Gasteiger partial charge in [0.1, 0.15) is 5.54 Å². The Morgan fingerprint density at radius 2 is 2.14 bits per heavy atom. The third-order valence-corrected chi connectivity index (χ3v) is 5.39. The summed E-state index contributed by atoms with van der Waals surface area (Å²) in [4.78, 5) is 33.3. The number of guanidine groups is 1. The molecule has 1 aromatic carbocycles. The van der Waals surface area contributed by atoms with Gasteiger partial charge in [-0.1, -0.05) is 23.7 Å². The van der Waals surface area contributed by atoms with E-state index in [1.165, 1.54) is 4.90 Å². The number of ether oxygens (including phenoxy) is 1. The lowest BCUT2D eigenvalue weighted by Gasteiger charge is -2.26. The minimum Gasteiger partial charge on any atom is -0.379 e. The minimum absolute atomic E-state index is 0.0316. The lowest BCUT2D eigenvalue weighted by Crippen LogP contribution is -2.45. The summed E-state index contributed by atoms with van der Waals surface area (Å²) in [6.07, 6.45) is 0.818. The molecule has 0 saturated carbocycles. The number of carbonyl (C=O) groups excluding carboxylic acids is 2. The van der Waals surface area contributed by atoms with Crippen molar-refractivity contribution in [1.82, 2.24) is 15.1 Å². The van der Waals surface area contributed by atoms with Crippen LogP contribution in [0.25, 0.3) is 0 Å². The maximum atomic E-state index is 12.9. The van der Waals surface area contributed by atoms with Crippen molar-refractivity contribution in [2.24, 2.45) is 10.7 Å². The van der Waals surface area contributed by atoms with Crippen molar-refractivity contribution in [1.29, 1.82) is 0 Å². The molecule has 2 heterocycles. The summed E-state index contributed by atoms with van der Waals surface area (Å²) < 4.78 is 5.32. The van der Waals surface area contributed by atoms with E-state index < -0.39 is 5.54 Å². The summed E-state index contributed by atoms with van der Waals surface area (Å²) in [5.74, 6) is -0.361. The van der Waals surface area contributed by atoms with Crippen LogP contribution in [-0.4, -0.2) is 72.5 Å². The van der Waals surface area contributed by atoms with E-state index in [1.807, 2.05) is 12.1 Å². The van der Waals surface area contributed by atoms with Crippen LogP contribution in [0.3, 0.4) is 0 Å². The summed E-state index contributed by atoms with van der Waals surface area (Å²) >= 11 is 6.01. The molecule has 9 heteroatoms. The van der Waals surface area contributed by atoms with E-state index in [1.54, 1.807) is 19.1 Å². The van der Waals surface area contributed by atoms with Crippen LogP contribution in [0.1, 0.15) is 25.3 Å². The van der Waals surface area contributed by atoms with Gasteiger partial charge in [0.15, 0.2) is 5.96 Å². The summed E-state index contributed by atoms with van der Waals surface area (Å²) in [7, 11) is 0. The Morgan fingerprint density at radius 3 is 2.86 bits per heavy atom. The Kier molecular flexibility index (Phi) is 7.10. The predicted octanol–water partition coefficient (Wildman–Crippen LogP) is 0.984. The third-order valence-electron chi connectivity index (χ3n) is 5.16. The molecule has 29 heavy (non-hydrogen) atoms. The topological polar surface area (TPSA) is 100 Å². The molecule has 1 atom stereocenters. The molecule has 158 valence electrons. The zero-order valence-electron chi connectivity index (χ0n) is 16.7. The van der Waals surface area contributed by atoms with Crippen molar-refractivity contribution >= 4 is 29.4 Å². The molecule has 1 unspecified atom stereocenters. The molecular formula is C20H28ClN5O3. The molecule has 1 fully saturated rings. The molecule has 2 aliphatic rings. The van der Waals surface area contributed by atoms with Crippen molar-refractivity contribution in [2.45, 2.75) is 31.8 Å². The Hall–Kier alpha value is -2.16. The molecule has 8 nitrogen and oxygen atoms in total. The summed E-state index contributed by atoms with van der Waals surface area (Å²) in [5, 5.41) is 3.47. The van der Waals surface area contributed by atoms with Crippen molar-refractivity contribution in [3.63, 3.8) is 0 Å². The molecule has 2 aliphatic heterocycles. The Morgan fingerprint density at radius 1 is 1.38 bits per heavy atom. The Labute approximate surface area is 176 Å². The Bertz CT molecular complexity index is 781.